The van der Waals surface area contributed by atoms with Gasteiger partial charge < -0.3 is 9.80 Å². The maximum absolute atomic E-state index is 11.2. The van der Waals surface area contributed by atoms with E-state index >= 15 is 0 Å². The molecule has 0 unspecified atom stereocenters. The van der Waals surface area contributed by atoms with Crippen molar-refractivity contribution >= 4 is 5.78 Å². The zero-order valence-electron chi connectivity index (χ0n) is 10.4. The molecule has 0 radical (unpaired) electrons. The minimum Gasteiger partial charge on any atom is -0.383 e. The van der Waals surface area contributed by atoms with Gasteiger partial charge in [0.15, 0.2) is 5.78 Å². The molecule has 0 fully saturated rings. The third kappa shape index (κ3) is 10.3. The van der Waals surface area contributed by atoms with Crippen LogP contribution in [0.25, 0.3) is 0 Å². The molecule has 16 heavy (non-hydrogen) atoms. The van der Waals surface area contributed by atoms with Crippen LogP contribution in [0.3, 0.4) is 0 Å². The summed E-state index contributed by atoms with van der Waals surface area (Å²) in [6.07, 6.45) is 14.0. The summed E-state index contributed by atoms with van der Waals surface area (Å²) < 4.78 is 0. The summed E-state index contributed by atoms with van der Waals surface area (Å²) in [5.41, 5.74) is 0. The van der Waals surface area contributed by atoms with E-state index in [4.69, 9.17) is 0 Å². The highest BCUT2D eigenvalue weighted by Crippen LogP contribution is 1.86. The van der Waals surface area contributed by atoms with Gasteiger partial charge in [-0.25, -0.2) is 0 Å². The molecule has 0 aliphatic rings. The van der Waals surface area contributed by atoms with Gasteiger partial charge in [-0.3, -0.25) is 4.79 Å². The van der Waals surface area contributed by atoms with E-state index in [2.05, 4.69) is 0 Å². The third-order valence-electron chi connectivity index (χ3n) is 1.51. The second-order valence-electron chi connectivity index (χ2n) is 3.73. The first-order valence-corrected chi connectivity index (χ1v) is 5.09. The van der Waals surface area contributed by atoms with Gasteiger partial charge in [-0.2, -0.15) is 0 Å². The van der Waals surface area contributed by atoms with Gasteiger partial charge in [-0.1, -0.05) is 18.2 Å². The predicted molar refractivity (Wildman–Crippen MR) is 68.9 cm³/mol. The van der Waals surface area contributed by atoms with E-state index in [0.717, 1.165) is 0 Å². The van der Waals surface area contributed by atoms with Crippen molar-refractivity contribution in [1.82, 2.24) is 9.80 Å². The van der Waals surface area contributed by atoms with Gasteiger partial charge in [-0.15, -0.1) is 0 Å². The van der Waals surface area contributed by atoms with Crippen LogP contribution in [0.2, 0.25) is 0 Å². The third-order valence-corrected chi connectivity index (χ3v) is 1.51. The lowest BCUT2D eigenvalue weighted by molar-refractivity contribution is -0.110. The van der Waals surface area contributed by atoms with E-state index in [1.54, 1.807) is 12.3 Å². The van der Waals surface area contributed by atoms with Crippen LogP contribution in [-0.2, 0) is 4.79 Å². The summed E-state index contributed by atoms with van der Waals surface area (Å²) in [7, 11) is 7.66. The Morgan fingerprint density at radius 3 is 1.88 bits per heavy atom. The number of carbonyl (C=O) groups is 1. The highest BCUT2D eigenvalue weighted by Gasteiger charge is 1.86. The number of hydrogen-bond acceptors (Lipinski definition) is 3. The lowest BCUT2D eigenvalue weighted by Gasteiger charge is -2.01. The second kappa shape index (κ2) is 8.53. The fraction of sp³-hybridized carbons (Fsp3) is 0.308. The number of hydrogen-bond donors (Lipinski definition) is 0. The van der Waals surface area contributed by atoms with Crippen molar-refractivity contribution in [3.8, 4) is 0 Å². The van der Waals surface area contributed by atoms with Gasteiger partial charge >= 0.3 is 0 Å². The van der Waals surface area contributed by atoms with E-state index < -0.39 is 0 Å². The molecule has 0 aromatic carbocycles. The Morgan fingerprint density at radius 1 is 0.750 bits per heavy atom. The zero-order valence-corrected chi connectivity index (χ0v) is 10.4. The molecule has 88 valence electrons. The summed E-state index contributed by atoms with van der Waals surface area (Å²) in [5.74, 6) is -0.0186. The Bertz CT molecular complexity index is 310. The van der Waals surface area contributed by atoms with Crippen molar-refractivity contribution in [2.45, 2.75) is 0 Å². The fourth-order valence-corrected chi connectivity index (χ4v) is 0.779. The number of carbonyl (C=O) groups excluding carboxylic acids is 1. The van der Waals surface area contributed by atoms with Gasteiger partial charge in [-0.05, 0) is 18.4 Å². The van der Waals surface area contributed by atoms with Gasteiger partial charge in [0.1, 0.15) is 0 Å². The molecule has 0 saturated heterocycles. The normalized spacial score (nSPS) is 12.2. The van der Waals surface area contributed by atoms with Crippen LogP contribution in [-0.4, -0.2) is 43.8 Å². The predicted octanol–water partition coefficient (Wildman–Crippen LogP) is 1.82. The number of allylic oxidation sites excluding steroid dienone is 6. The quantitative estimate of drug-likeness (QED) is 0.504. The Morgan fingerprint density at radius 2 is 1.31 bits per heavy atom. The van der Waals surface area contributed by atoms with Crippen LogP contribution in [0.5, 0.6) is 0 Å². The zero-order chi connectivity index (χ0) is 12.4. The smallest absolute Gasteiger partial charge is 0.180 e. The topological polar surface area (TPSA) is 23.6 Å². The maximum Gasteiger partial charge on any atom is 0.180 e. The Kier molecular flexibility index (Phi) is 7.59. The van der Waals surface area contributed by atoms with Gasteiger partial charge in [0.25, 0.3) is 0 Å². The Hall–Kier alpha value is -1.77. The van der Waals surface area contributed by atoms with Crippen LogP contribution in [0.4, 0.5) is 0 Å². The van der Waals surface area contributed by atoms with E-state index in [9.17, 15) is 4.79 Å². The number of rotatable bonds is 6. The van der Waals surface area contributed by atoms with Gasteiger partial charge in [0.05, 0.1) is 0 Å². The van der Waals surface area contributed by atoms with Crippen molar-refractivity contribution in [1.29, 1.82) is 0 Å². The van der Waals surface area contributed by atoms with Crippen LogP contribution < -0.4 is 0 Å². The number of ketones is 1. The average molecular weight is 220 g/mol. The molecular weight excluding hydrogens is 200 g/mol. The second-order valence-corrected chi connectivity index (χ2v) is 3.73. The summed E-state index contributed by atoms with van der Waals surface area (Å²) in [6.45, 7) is 0. The van der Waals surface area contributed by atoms with Crippen molar-refractivity contribution in [3.05, 3.63) is 48.9 Å². The molecular formula is C13H20N2O. The molecule has 0 spiro atoms. The first-order valence-electron chi connectivity index (χ1n) is 5.09. The van der Waals surface area contributed by atoms with Gasteiger partial charge in [0, 0.05) is 40.5 Å². The first-order chi connectivity index (χ1) is 7.52. The summed E-state index contributed by atoms with van der Waals surface area (Å²) >= 11 is 0. The molecule has 0 aromatic rings. The Balaban J connectivity index is 3.97. The monoisotopic (exact) mass is 220 g/mol. The van der Waals surface area contributed by atoms with E-state index in [1.807, 2.05) is 62.4 Å². The van der Waals surface area contributed by atoms with Crippen molar-refractivity contribution in [3.63, 3.8) is 0 Å². The lowest BCUT2D eigenvalue weighted by Crippen LogP contribution is -2.01. The molecule has 0 atom stereocenters. The minimum atomic E-state index is -0.0186. The molecule has 0 aromatic heterocycles. The molecule has 0 bridgehead atoms. The van der Waals surface area contributed by atoms with Crippen molar-refractivity contribution in [2.75, 3.05) is 28.2 Å². The Labute approximate surface area is 98.0 Å². The molecule has 0 N–H and O–H groups in total. The molecule has 0 rings (SSSR count). The molecule has 0 saturated carbocycles. The van der Waals surface area contributed by atoms with E-state index in [1.165, 1.54) is 12.2 Å². The summed E-state index contributed by atoms with van der Waals surface area (Å²) in [5, 5.41) is 0. The van der Waals surface area contributed by atoms with Crippen molar-refractivity contribution in [2.24, 2.45) is 0 Å². The van der Waals surface area contributed by atoms with Crippen molar-refractivity contribution < 1.29 is 4.79 Å². The fourth-order valence-electron chi connectivity index (χ4n) is 0.779. The van der Waals surface area contributed by atoms with Crippen LogP contribution in [0, 0.1) is 0 Å². The lowest BCUT2D eigenvalue weighted by atomic mass is 10.3. The SMILES string of the molecule is CN(C)C=CC=CC=CC(=O)C=CN(C)C. The summed E-state index contributed by atoms with van der Waals surface area (Å²) in [6, 6.07) is 0. The largest absolute Gasteiger partial charge is 0.383 e. The van der Waals surface area contributed by atoms with E-state index in [-0.39, 0.29) is 5.78 Å². The highest BCUT2D eigenvalue weighted by atomic mass is 16.1. The molecule has 0 aliphatic heterocycles. The maximum atomic E-state index is 11.2. The average Bonchev–Trinajstić information content (AvgIpc) is 2.19. The number of nitrogens with zero attached hydrogens (tertiary/aromatic N) is 2. The standard InChI is InChI=1S/C13H20N2O/c1-14(2)11-8-6-5-7-9-13(16)10-12-15(3)4/h5-12H,1-4H3. The van der Waals surface area contributed by atoms with E-state index in [0.29, 0.717) is 0 Å². The molecule has 3 heteroatoms. The summed E-state index contributed by atoms with van der Waals surface area (Å²) in [4.78, 5) is 15.0. The molecule has 3 nitrogen and oxygen atoms in total. The molecule has 0 heterocycles. The van der Waals surface area contributed by atoms with Crippen LogP contribution in [0.15, 0.2) is 48.9 Å². The highest BCUT2D eigenvalue weighted by molar-refractivity contribution is 5.99. The van der Waals surface area contributed by atoms with Crippen LogP contribution >= 0.6 is 0 Å². The first kappa shape index (κ1) is 14.2. The molecule has 0 aliphatic carbocycles. The van der Waals surface area contributed by atoms with Crippen LogP contribution in [0.1, 0.15) is 0 Å². The molecule has 0 amide bonds. The minimum absolute atomic E-state index is 0.0186. The van der Waals surface area contributed by atoms with Gasteiger partial charge in [0.2, 0.25) is 0 Å².